The molecule has 0 aliphatic heterocycles. The Morgan fingerprint density at radius 3 is 1.19 bits per heavy atom. The molecule has 0 radical (unpaired) electrons. The van der Waals surface area contributed by atoms with E-state index in [-0.39, 0.29) is 40.5 Å². The van der Waals surface area contributed by atoms with E-state index in [1.807, 2.05) is 27.7 Å². The van der Waals surface area contributed by atoms with Crippen molar-refractivity contribution in [2.24, 2.45) is 10.8 Å². The first-order valence-electron chi connectivity index (χ1n) is 6.76. The minimum Gasteiger partial charge on any atom is -0.412 e. The molecule has 0 aliphatic carbocycles. The molecule has 0 atom stereocenters. The van der Waals surface area contributed by atoms with E-state index in [2.05, 4.69) is 32.3 Å². The smallest absolute Gasteiger partial charge is 0.0488 e. The number of hydrogen-bond donors (Lipinski definition) is 3. The molecule has 0 amide bonds. The van der Waals surface area contributed by atoms with E-state index in [0.717, 1.165) is 5.75 Å². The van der Waals surface area contributed by atoms with Crippen LogP contribution >= 0.6 is 12.6 Å². The summed E-state index contributed by atoms with van der Waals surface area (Å²) in [6.07, 6.45) is 1.30. The Bertz CT molecular complexity index is 204. The maximum atomic E-state index is 8.95. The summed E-state index contributed by atoms with van der Waals surface area (Å²) in [4.78, 5) is 0. The molecule has 0 aromatic heterocycles. The van der Waals surface area contributed by atoms with Crippen LogP contribution in [-0.4, -0.2) is 53.7 Å². The molecule has 0 rings (SSSR count). The van der Waals surface area contributed by atoms with Gasteiger partial charge in [-0.05, 0) is 23.0 Å². The second-order valence-corrected chi connectivity index (χ2v) is 13.5. The summed E-state index contributed by atoms with van der Waals surface area (Å²) in [5.74, 6) is 1.06. The van der Waals surface area contributed by atoms with E-state index < -0.39 is 8.07 Å². The largest absolute Gasteiger partial charge is 0.412 e. The van der Waals surface area contributed by atoms with Gasteiger partial charge in [0, 0.05) is 21.3 Å². The van der Waals surface area contributed by atoms with Crippen LogP contribution in [0, 0.1) is 10.8 Å². The molecule has 0 aliphatic rings. The minimum atomic E-state index is -0.727. The summed E-state index contributed by atoms with van der Waals surface area (Å²) in [7, 11) is -0.727. The normalized spacial score (nSPS) is 11.1. The van der Waals surface area contributed by atoms with Crippen molar-refractivity contribution in [1.82, 2.24) is 0 Å². The van der Waals surface area contributed by atoms with Crippen molar-refractivity contribution in [2.75, 3.05) is 19.0 Å². The van der Waals surface area contributed by atoms with Crippen molar-refractivity contribution >= 4 is 20.7 Å². The lowest BCUT2D eigenvalue weighted by molar-refractivity contribution is -0.00563. The summed E-state index contributed by atoms with van der Waals surface area (Å²) in [5.41, 5.74) is -0.413. The van der Waals surface area contributed by atoms with Gasteiger partial charge in [-0.15, -0.1) is 0 Å². The second-order valence-electron chi connectivity index (χ2n) is 7.47. The maximum Gasteiger partial charge on any atom is 0.0488 e. The molecule has 0 spiro atoms. The topological polar surface area (TPSA) is 135 Å². The first-order valence-corrected chi connectivity index (χ1v) is 11.1. The third-order valence-electron chi connectivity index (χ3n) is 3.71. The van der Waals surface area contributed by atoms with E-state index in [1.54, 1.807) is 0 Å². The number of aliphatic hydroxyl groups is 2. The van der Waals surface area contributed by atoms with Crippen molar-refractivity contribution in [3.05, 3.63) is 0 Å². The maximum absolute atomic E-state index is 8.95. The molecule has 7 heteroatoms. The summed E-state index contributed by atoms with van der Waals surface area (Å²) in [6.45, 7) is 15.2. The van der Waals surface area contributed by atoms with Crippen molar-refractivity contribution in [3.8, 4) is 0 Å². The van der Waals surface area contributed by atoms with E-state index in [0.29, 0.717) is 0 Å². The highest BCUT2D eigenvalue weighted by Gasteiger charge is 2.35. The summed E-state index contributed by atoms with van der Waals surface area (Å²) in [6, 6.07) is 1.43. The van der Waals surface area contributed by atoms with Crippen LogP contribution in [-0.2, 0) is 0 Å². The lowest BCUT2D eigenvalue weighted by Crippen LogP contribution is -2.38. The molecule has 0 fully saturated rings. The van der Waals surface area contributed by atoms with Crippen LogP contribution in [0.25, 0.3) is 0 Å². The van der Waals surface area contributed by atoms with Gasteiger partial charge in [0.1, 0.15) is 0 Å². The third kappa shape index (κ3) is 16.6. The van der Waals surface area contributed by atoms with Crippen LogP contribution in [0.4, 0.5) is 0 Å². The molecule has 0 bridgehead atoms. The standard InChI is InChI=1S/C8H18O2.C6H16SSi.3H2O/c1-7(2,5-9)8(3,4)6-10;1-8(2,3)6-4-5-7;;;/h9-10H,5-6H2,1-4H3;7H,4-6H2,1-3H3;3*1H2. The number of rotatable bonds is 6. The highest BCUT2D eigenvalue weighted by molar-refractivity contribution is 7.80. The average molecular weight is 349 g/mol. The molecule has 8 N–H and O–H groups in total. The van der Waals surface area contributed by atoms with Gasteiger partial charge in [-0.2, -0.15) is 12.6 Å². The van der Waals surface area contributed by atoms with Crippen LogP contribution in [0.15, 0.2) is 0 Å². The van der Waals surface area contributed by atoms with Gasteiger partial charge < -0.3 is 26.6 Å². The minimum absolute atomic E-state index is 0. The van der Waals surface area contributed by atoms with Gasteiger partial charge in [0.05, 0.1) is 0 Å². The zero-order valence-corrected chi connectivity index (χ0v) is 16.8. The first kappa shape index (κ1) is 33.1. The molecule has 136 valence electrons. The zero-order valence-electron chi connectivity index (χ0n) is 14.9. The first-order chi connectivity index (χ1) is 7.93. The van der Waals surface area contributed by atoms with Gasteiger partial charge in [0.15, 0.2) is 0 Å². The predicted octanol–water partition coefficient (Wildman–Crippen LogP) is 1.19. The van der Waals surface area contributed by atoms with Crippen LogP contribution < -0.4 is 0 Å². The molecule has 0 heterocycles. The van der Waals surface area contributed by atoms with Crippen LogP contribution in [0.5, 0.6) is 0 Å². The Morgan fingerprint density at radius 2 is 1.10 bits per heavy atom. The number of aliphatic hydroxyl groups excluding tert-OH is 2. The molecule has 0 saturated carbocycles. The fourth-order valence-electron chi connectivity index (χ4n) is 1.04. The van der Waals surface area contributed by atoms with E-state index in [9.17, 15) is 0 Å². The quantitative estimate of drug-likeness (QED) is 0.491. The Hall–Kier alpha value is 0.367. The molecule has 0 aromatic rings. The van der Waals surface area contributed by atoms with Crippen LogP contribution in [0.2, 0.25) is 25.7 Å². The summed E-state index contributed by atoms with van der Waals surface area (Å²) in [5, 5.41) is 17.9. The monoisotopic (exact) mass is 348 g/mol. The Morgan fingerprint density at radius 1 is 0.810 bits per heavy atom. The molecular weight excluding hydrogens is 308 g/mol. The molecule has 0 saturated heterocycles. The van der Waals surface area contributed by atoms with Gasteiger partial charge in [-0.1, -0.05) is 53.4 Å². The van der Waals surface area contributed by atoms with Gasteiger partial charge in [0.25, 0.3) is 0 Å². The van der Waals surface area contributed by atoms with E-state index in [4.69, 9.17) is 10.2 Å². The zero-order chi connectivity index (χ0) is 15.0. The Kier molecular flexibility index (Phi) is 22.0. The predicted molar refractivity (Wildman–Crippen MR) is 99.2 cm³/mol. The van der Waals surface area contributed by atoms with Gasteiger partial charge in [0.2, 0.25) is 0 Å². The summed E-state index contributed by atoms with van der Waals surface area (Å²) < 4.78 is 0. The SMILES string of the molecule is CC(C)(CO)C(C)(C)CO.C[Si](C)(C)CCCS.O.O.O. The summed E-state index contributed by atoms with van der Waals surface area (Å²) >= 11 is 4.15. The molecule has 5 nitrogen and oxygen atoms in total. The van der Waals surface area contributed by atoms with Crippen molar-refractivity contribution < 1.29 is 26.6 Å². The lowest BCUT2D eigenvalue weighted by atomic mass is 9.69. The number of hydrogen-bond acceptors (Lipinski definition) is 3. The van der Waals surface area contributed by atoms with Gasteiger partial charge >= 0.3 is 0 Å². The van der Waals surface area contributed by atoms with Gasteiger partial charge in [-0.25, -0.2) is 0 Å². The molecule has 0 unspecified atom stereocenters. The molecular formula is C14H40O5SSi. The highest BCUT2D eigenvalue weighted by atomic mass is 32.1. The van der Waals surface area contributed by atoms with Crippen LogP contribution in [0.3, 0.4) is 0 Å². The highest BCUT2D eigenvalue weighted by Crippen LogP contribution is 2.36. The Balaban J connectivity index is -0.0000000724. The number of thiol groups is 1. The molecule has 0 aromatic carbocycles. The fraction of sp³-hybridized carbons (Fsp3) is 1.00. The van der Waals surface area contributed by atoms with Gasteiger partial charge in [-0.3, -0.25) is 0 Å². The fourth-order valence-corrected chi connectivity index (χ4v) is 2.73. The van der Waals surface area contributed by atoms with Crippen molar-refractivity contribution in [3.63, 3.8) is 0 Å². The van der Waals surface area contributed by atoms with Crippen LogP contribution in [0.1, 0.15) is 34.1 Å². The molecule has 21 heavy (non-hydrogen) atoms. The Labute approximate surface area is 137 Å². The van der Waals surface area contributed by atoms with Crippen molar-refractivity contribution in [2.45, 2.75) is 59.8 Å². The second kappa shape index (κ2) is 14.0. The van der Waals surface area contributed by atoms with E-state index in [1.165, 1.54) is 12.5 Å². The third-order valence-corrected chi connectivity index (χ3v) is 5.88. The van der Waals surface area contributed by atoms with E-state index >= 15 is 0 Å². The lowest BCUT2D eigenvalue weighted by Gasteiger charge is -2.38. The average Bonchev–Trinajstić information content (AvgIpc) is 2.26. The van der Waals surface area contributed by atoms with Crippen molar-refractivity contribution in [1.29, 1.82) is 0 Å².